The van der Waals surface area contributed by atoms with E-state index in [-0.39, 0.29) is 29.2 Å². The molecule has 0 aliphatic heterocycles. The van der Waals surface area contributed by atoms with Crippen molar-refractivity contribution in [3.63, 3.8) is 0 Å². The molecule has 1 heterocycles. The van der Waals surface area contributed by atoms with Crippen LogP contribution in [0.3, 0.4) is 0 Å². The summed E-state index contributed by atoms with van der Waals surface area (Å²) in [5, 5.41) is 5.63. The number of carbonyl (C=O) groups is 2. The van der Waals surface area contributed by atoms with Crippen LogP contribution in [0, 0.1) is 0 Å². The second-order valence-electron chi connectivity index (χ2n) is 5.30. The molecule has 1 rings (SSSR count). The molecule has 110 valence electrons. The van der Waals surface area contributed by atoms with E-state index in [1.165, 1.54) is 19.4 Å². The number of nitrogens with one attached hydrogen (secondary N) is 2. The van der Waals surface area contributed by atoms with Crippen LogP contribution in [0.15, 0.2) is 12.3 Å². The molecule has 0 radical (unpaired) electrons. The lowest BCUT2D eigenvalue weighted by Crippen LogP contribution is -2.43. The maximum atomic E-state index is 11.7. The largest absolute Gasteiger partial charge is 0.465 e. The number of hydrogen-bond donors (Lipinski definition) is 3. The fraction of sp³-hybridized carbons (Fsp3) is 0.462. The lowest BCUT2D eigenvalue weighted by atomic mass is 10.1. The molecule has 7 heteroatoms. The molecule has 1 aromatic heterocycles. The second-order valence-corrected chi connectivity index (χ2v) is 5.30. The van der Waals surface area contributed by atoms with Gasteiger partial charge in [-0.1, -0.05) is 0 Å². The number of nitrogen functional groups attached to an aromatic ring is 1. The Labute approximate surface area is 117 Å². The van der Waals surface area contributed by atoms with E-state index >= 15 is 0 Å². The molecule has 0 fully saturated rings. The van der Waals surface area contributed by atoms with Crippen molar-refractivity contribution in [3.8, 4) is 0 Å². The first-order valence-corrected chi connectivity index (χ1v) is 6.11. The van der Waals surface area contributed by atoms with Crippen LogP contribution in [-0.4, -0.2) is 36.1 Å². The molecule has 0 saturated carbocycles. The zero-order valence-electron chi connectivity index (χ0n) is 12.1. The van der Waals surface area contributed by atoms with Crippen LogP contribution in [-0.2, 0) is 9.53 Å². The highest BCUT2D eigenvalue weighted by Crippen LogP contribution is 2.15. The third-order valence-electron chi connectivity index (χ3n) is 2.28. The molecule has 0 aromatic carbocycles. The van der Waals surface area contributed by atoms with Crippen molar-refractivity contribution in [2.75, 3.05) is 24.7 Å². The summed E-state index contributed by atoms with van der Waals surface area (Å²) in [6.07, 6.45) is 1.34. The van der Waals surface area contributed by atoms with Crippen LogP contribution in [0.4, 0.5) is 11.5 Å². The Balaban J connectivity index is 2.70. The Hall–Kier alpha value is -2.31. The zero-order chi connectivity index (χ0) is 15.3. The Morgan fingerprint density at radius 3 is 2.60 bits per heavy atom. The molecule has 0 aliphatic carbocycles. The van der Waals surface area contributed by atoms with Crippen LogP contribution in [0.25, 0.3) is 0 Å². The number of hydrogen-bond acceptors (Lipinski definition) is 6. The van der Waals surface area contributed by atoms with E-state index < -0.39 is 5.97 Å². The summed E-state index contributed by atoms with van der Waals surface area (Å²) in [6, 6.07) is 1.45. The van der Waals surface area contributed by atoms with Crippen molar-refractivity contribution in [1.29, 1.82) is 0 Å². The van der Waals surface area contributed by atoms with E-state index in [2.05, 4.69) is 20.4 Å². The normalized spacial score (nSPS) is 10.8. The van der Waals surface area contributed by atoms with Gasteiger partial charge in [0.25, 0.3) is 0 Å². The minimum absolute atomic E-state index is 0.0504. The van der Waals surface area contributed by atoms with Crippen LogP contribution < -0.4 is 16.4 Å². The number of carbonyl (C=O) groups excluding carboxylic acids is 2. The van der Waals surface area contributed by atoms with E-state index in [1.54, 1.807) is 0 Å². The quantitative estimate of drug-likeness (QED) is 0.704. The molecule has 0 saturated heterocycles. The van der Waals surface area contributed by atoms with E-state index in [4.69, 9.17) is 5.73 Å². The summed E-state index contributed by atoms with van der Waals surface area (Å²) >= 11 is 0. The van der Waals surface area contributed by atoms with Gasteiger partial charge in [-0.2, -0.15) is 0 Å². The molecule has 0 aliphatic rings. The Morgan fingerprint density at radius 1 is 1.40 bits per heavy atom. The number of aromatic nitrogens is 1. The van der Waals surface area contributed by atoms with Gasteiger partial charge in [0, 0.05) is 5.54 Å². The number of amides is 1. The van der Waals surface area contributed by atoms with E-state index in [1.807, 2.05) is 20.8 Å². The Morgan fingerprint density at radius 2 is 2.05 bits per heavy atom. The maximum absolute atomic E-state index is 11.7. The first-order valence-electron chi connectivity index (χ1n) is 6.11. The van der Waals surface area contributed by atoms with Gasteiger partial charge in [0.15, 0.2) is 0 Å². The first-order chi connectivity index (χ1) is 9.23. The molecule has 0 bridgehead atoms. The number of esters is 1. The number of nitrogens with two attached hydrogens (primary N) is 1. The van der Waals surface area contributed by atoms with E-state index in [9.17, 15) is 9.59 Å². The van der Waals surface area contributed by atoms with Crippen molar-refractivity contribution >= 4 is 23.4 Å². The van der Waals surface area contributed by atoms with Gasteiger partial charge in [-0.25, -0.2) is 9.78 Å². The second kappa shape index (κ2) is 6.23. The van der Waals surface area contributed by atoms with Gasteiger partial charge in [0.1, 0.15) is 5.82 Å². The smallest absolute Gasteiger partial charge is 0.340 e. The summed E-state index contributed by atoms with van der Waals surface area (Å²) in [7, 11) is 1.27. The van der Waals surface area contributed by atoms with Crippen molar-refractivity contribution in [3.05, 3.63) is 17.8 Å². The number of methoxy groups -OCH3 is 1. The van der Waals surface area contributed by atoms with Gasteiger partial charge in [-0.3, -0.25) is 4.79 Å². The summed E-state index contributed by atoms with van der Waals surface area (Å²) < 4.78 is 4.61. The van der Waals surface area contributed by atoms with Gasteiger partial charge < -0.3 is 21.1 Å². The predicted molar refractivity (Wildman–Crippen MR) is 76.4 cm³/mol. The van der Waals surface area contributed by atoms with Gasteiger partial charge in [-0.05, 0) is 26.8 Å². The average molecular weight is 280 g/mol. The first kappa shape index (κ1) is 15.7. The van der Waals surface area contributed by atoms with Crippen LogP contribution in [0.1, 0.15) is 31.1 Å². The zero-order valence-corrected chi connectivity index (χ0v) is 12.1. The maximum Gasteiger partial charge on any atom is 0.340 e. The van der Waals surface area contributed by atoms with Crippen molar-refractivity contribution in [1.82, 2.24) is 10.3 Å². The Bertz CT molecular complexity index is 509. The molecule has 20 heavy (non-hydrogen) atoms. The Kier molecular flexibility index (Phi) is 4.90. The van der Waals surface area contributed by atoms with Crippen LogP contribution in [0.2, 0.25) is 0 Å². The summed E-state index contributed by atoms with van der Waals surface area (Å²) in [5.74, 6) is -0.341. The highest BCUT2D eigenvalue weighted by molar-refractivity contribution is 5.95. The molecule has 0 atom stereocenters. The highest BCUT2D eigenvalue weighted by atomic mass is 16.5. The average Bonchev–Trinajstić information content (AvgIpc) is 2.35. The standard InChI is InChI=1S/C13H20N4O3/c1-13(2,3)17-11(18)7-16-10-5-8(12(19)20-4)9(14)6-15-10/h5-6H,7,14H2,1-4H3,(H,15,16)(H,17,18). The fourth-order valence-electron chi connectivity index (χ4n) is 1.48. The SMILES string of the molecule is COC(=O)c1cc(NCC(=O)NC(C)(C)C)ncc1N. The van der Waals surface area contributed by atoms with Gasteiger partial charge in [-0.15, -0.1) is 0 Å². The predicted octanol–water partition coefficient (Wildman–Crippen LogP) is 0.777. The molecular formula is C13H20N4O3. The van der Waals surface area contributed by atoms with Crippen LogP contribution in [0.5, 0.6) is 0 Å². The number of nitrogens with zero attached hydrogens (tertiary/aromatic N) is 1. The summed E-state index contributed by atoms with van der Waals surface area (Å²) in [6.45, 7) is 5.72. The molecule has 0 unspecified atom stereocenters. The monoisotopic (exact) mass is 280 g/mol. The lowest BCUT2D eigenvalue weighted by Gasteiger charge is -2.20. The number of rotatable bonds is 4. The minimum Gasteiger partial charge on any atom is -0.465 e. The number of pyridine rings is 1. The summed E-state index contributed by atoms with van der Waals surface area (Å²) in [4.78, 5) is 27.1. The topological polar surface area (TPSA) is 106 Å². The van der Waals surface area contributed by atoms with Gasteiger partial charge in [0.05, 0.1) is 31.1 Å². The number of ether oxygens (including phenoxy) is 1. The third kappa shape index (κ3) is 4.75. The van der Waals surface area contributed by atoms with E-state index in [0.29, 0.717) is 5.82 Å². The molecule has 1 amide bonds. The molecule has 4 N–H and O–H groups in total. The fourth-order valence-corrected chi connectivity index (χ4v) is 1.48. The van der Waals surface area contributed by atoms with Crippen molar-refractivity contribution in [2.24, 2.45) is 0 Å². The molecule has 1 aromatic rings. The van der Waals surface area contributed by atoms with Gasteiger partial charge >= 0.3 is 5.97 Å². The van der Waals surface area contributed by atoms with Crippen LogP contribution >= 0.6 is 0 Å². The highest BCUT2D eigenvalue weighted by Gasteiger charge is 2.15. The third-order valence-corrected chi connectivity index (χ3v) is 2.28. The number of anilines is 2. The van der Waals surface area contributed by atoms with Crippen molar-refractivity contribution in [2.45, 2.75) is 26.3 Å². The van der Waals surface area contributed by atoms with E-state index in [0.717, 1.165) is 0 Å². The summed E-state index contributed by atoms with van der Waals surface area (Å²) in [5.41, 5.74) is 5.77. The molecule has 0 spiro atoms. The minimum atomic E-state index is -0.549. The molecule has 7 nitrogen and oxygen atoms in total. The molecular weight excluding hydrogens is 260 g/mol. The van der Waals surface area contributed by atoms with Gasteiger partial charge in [0.2, 0.25) is 5.91 Å². The van der Waals surface area contributed by atoms with Crippen molar-refractivity contribution < 1.29 is 14.3 Å². The lowest BCUT2D eigenvalue weighted by molar-refractivity contribution is -0.120.